The minimum atomic E-state index is -1.46. The maximum absolute atomic E-state index is 12.9. The van der Waals surface area contributed by atoms with Gasteiger partial charge in [-0.3, -0.25) is 29.0 Å². The van der Waals surface area contributed by atoms with Crippen LogP contribution in [0.3, 0.4) is 0 Å². The predicted octanol–water partition coefficient (Wildman–Crippen LogP) is -0.0395. The second-order valence-corrected chi connectivity index (χ2v) is 11.4. The number of carbonyl (C=O) groups is 6. The number of rotatable bonds is 11. The van der Waals surface area contributed by atoms with Gasteiger partial charge in [0.25, 0.3) is 17.7 Å². The zero-order valence-electron chi connectivity index (χ0n) is 21.4. The van der Waals surface area contributed by atoms with Gasteiger partial charge in [-0.25, -0.2) is 14.3 Å². The summed E-state index contributed by atoms with van der Waals surface area (Å²) in [4.78, 5) is 76.7. The number of aliphatic carboxylic acids is 2. The van der Waals surface area contributed by atoms with Crippen molar-refractivity contribution in [3.63, 3.8) is 0 Å². The quantitative estimate of drug-likeness (QED) is 0.176. The number of thioether (sulfide) groups is 2. The first kappa shape index (κ1) is 28.3. The first-order valence-corrected chi connectivity index (χ1v) is 14.4. The van der Waals surface area contributed by atoms with Crippen LogP contribution in [0.25, 0.3) is 0 Å². The predicted molar refractivity (Wildman–Crippen MR) is 141 cm³/mol. The van der Waals surface area contributed by atoms with Crippen LogP contribution in [0.2, 0.25) is 0 Å². The Morgan fingerprint density at radius 2 is 1.83 bits per heavy atom. The van der Waals surface area contributed by atoms with E-state index >= 15 is 0 Å². The van der Waals surface area contributed by atoms with E-state index in [0.29, 0.717) is 21.4 Å². The van der Waals surface area contributed by atoms with Gasteiger partial charge in [0.1, 0.15) is 23.2 Å². The van der Waals surface area contributed by atoms with Crippen LogP contribution in [0, 0.1) is 0 Å². The summed E-state index contributed by atoms with van der Waals surface area (Å²) in [5.41, 5.74) is 0.651. The number of tetrazole rings is 1. The molecule has 1 saturated heterocycles. The van der Waals surface area contributed by atoms with Gasteiger partial charge in [0.05, 0.1) is 11.1 Å². The molecule has 3 N–H and O–H groups in total. The van der Waals surface area contributed by atoms with Gasteiger partial charge in [0.15, 0.2) is 0 Å². The molecule has 17 heteroatoms. The molecule has 0 bridgehead atoms. The van der Waals surface area contributed by atoms with Gasteiger partial charge in [0.2, 0.25) is 11.1 Å². The molecule has 214 valence electrons. The molecule has 3 aliphatic rings. The van der Waals surface area contributed by atoms with Gasteiger partial charge < -0.3 is 15.5 Å². The molecule has 0 unspecified atom stereocenters. The van der Waals surface area contributed by atoms with Crippen LogP contribution in [-0.2, 0) is 26.2 Å². The van der Waals surface area contributed by atoms with Crippen molar-refractivity contribution >= 4 is 59.1 Å². The highest BCUT2D eigenvalue weighted by atomic mass is 32.2. The van der Waals surface area contributed by atoms with E-state index in [9.17, 15) is 39.0 Å². The third-order valence-corrected chi connectivity index (χ3v) is 9.26. The number of aromatic nitrogens is 4. The summed E-state index contributed by atoms with van der Waals surface area (Å²) in [5.74, 6) is -4.56. The first-order valence-electron chi connectivity index (χ1n) is 12.3. The molecular formula is C24H23N7O8S2. The van der Waals surface area contributed by atoms with Gasteiger partial charge in [-0.15, -0.1) is 16.9 Å². The third-order valence-electron chi connectivity index (χ3n) is 6.83. The number of imide groups is 1. The van der Waals surface area contributed by atoms with Crippen LogP contribution in [0.15, 0.2) is 40.7 Å². The second kappa shape index (κ2) is 11.3. The monoisotopic (exact) mass is 601 g/mol. The molecule has 41 heavy (non-hydrogen) atoms. The molecular weight excluding hydrogens is 578 g/mol. The average molecular weight is 602 g/mol. The highest BCUT2D eigenvalue weighted by Crippen LogP contribution is 2.41. The Labute approximate surface area is 240 Å². The smallest absolute Gasteiger partial charge is 0.352 e. The molecule has 4 heterocycles. The summed E-state index contributed by atoms with van der Waals surface area (Å²) in [6, 6.07) is 3.66. The summed E-state index contributed by atoms with van der Waals surface area (Å²) in [6.07, 6.45) is -0.300. The lowest BCUT2D eigenvalue weighted by Gasteiger charge is -2.49. The SMILES string of the molecule is Cn1nnnc1SCC1=C(C(=O)O)N2C(=O)[C@@H](NC(=O)CCC[C@H](C(=O)O)N3C(=O)c4ccccc4C3=O)[C@H]2SC1. The number of nitrogens with one attached hydrogen (secondary N) is 1. The van der Waals surface area contributed by atoms with Gasteiger partial charge in [-0.2, -0.15) is 0 Å². The number of hydrogen-bond acceptors (Lipinski definition) is 11. The lowest BCUT2D eigenvalue weighted by molar-refractivity contribution is -0.150. The minimum absolute atomic E-state index is 0.0250. The summed E-state index contributed by atoms with van der Waals surface area (Å²) >= 11 is 2.56. The highest BCUT2D eigenvalue weighted by molar-refractivity contribution is 8.01. The molecule has 0 radical (unpaired) electrons. The lowest BCUT2D eigenvalue weighted by atomic mass is 10.0. The van der Waals surface area contributed by atoms with Gasteiger partial charge in [-0.05, 0) is 41.0 Å². The fourth-order valence-corrected chi connectivity index (χ4v) is 7.18. The lowest BCUT2D eigenvalue weighted by Crippen LogP contribution is -2.70. The molecule has 1 aromatic heterocycles. The Balaban J connectivity index is 1.17. The average Bonchev–Trinajstić information content (AvgIpc) is 3.47. The minimum Gasteiger partial charge on any atom is -0.480 e. The van der Waals surface area contributed by atoms with Crippen molar-refractivity contribution in [2.24, 2.45) is 7.05 Å². The zero-order valence-corrected chi connectivity index (χ0v) is 23.1. The van der Waals surface area contributed by atoms with Crippen molar-refractivity contribution in [3.8, 4) is 0 Å². The topological polar surface area (TPSA) is 205 Å². The maximum atomic E-state index is 12.9. The fraction of sp³-hybridized carbons (Fsp3) is 0.375. The van der Waals surface area contributed by atoms with Gasteiger partial charge >= 0.3 is 11.9 Å². The third kappa shape index (κ3) is 5.17. The summed E-state index contributed by atoms with van der Waals surface area (Å²) in [7, 11) is 1.65. The van der Waals surface area contributed by atoms with E-state index in [0.717, 1.165) is 4.90 Å². The van der Waals surface area contributed by atoms with Crippen LogP contribution in [0.1, 0.15) is 40.0 Å². The molecule has 3 atom stereocenters. The van der Waals surface area contributed by atoms with Crippen molar-refractivity contribution in [2.45, 2.75) is 41.9 Å². The van der Waals surface area contributed by atoms with Crippen molar-refractivity contribution in [3.05, 3.63) is 46.7 Å². The fourth-order valence-electron chi connectivity index (χ4n) is 4.85. The summed E-state index contributed by atoms with van der Waals surface area (Å²) in [5, 5.41) is 33.1. The van der Waals surface area contributed by atoms with Crippen LogP contribution in [0.4, 0.5) is 0 Å². The van der Waals surface area contributed by atoms with Crippen LogP contribution >= 0.6 is 23.5 Å². The molecule has 1 aromatic carbocycles. The van der Waals surface area contributed by atoms with E-state index in [1.54, 1.807) is 19.2 Å². The Hall–Kier alpha value is -4.25. The molecule has 4 amide bonds. The van der Waals surface area contributed by atoms with E-state index in [1.807, 2.05) is 0 Å². The Bertz CT molecular complexity index is 1470. The molecule has 0 saturated carbocycles. The van der Waals surface area contributed by atoms with Gasteiger partial charge in [0, 0.05) is 25.0 Å². The number of aryl methyl sites for hydroxylation is 1. The van der Waals surface area contributed by atoms with Crippen molar-refractivity contribution in [2.75, 3.05) is 11.5 Å². The molecule has 2 aromatic rings. The first-order chi connectivity index (χ1) is 19.6. The number of benzene rings is 1. The number of β-lactam (4-membered cyclic amide) rings is 1. The van der Waals surface area contributed by atoms with E-state index < -0.39 is 53.0 Å². The standard InChI is InChI=1S/C24H23N7O8S2/c1-29-24(26-27-28-29)41-10-11-9-40-21-16(20(35)31(21)17(11)23(38)39)25-15(32)8-4-7-14(22(36)37)30-18(33)12-5-2-3-6-13(12)19(30)34/h2-3,5-6,14,16,21H,4,7-10H2,1H3,(H,25,32)(H,36,37)(H,38,39)/t14-,16-,21-/m1/s1. The van der Waals surface area contributed by atoms with Crippen molar-refractivity contribution in [1.29, 1.82) is 0 Å². The molecule has 5 rings (SSSR count). The number of carboxylic acids is 2. The number of amides is 4. The van der Waals surface area contributed by atoms with E-state index in [2.05, 4.69) is 20.8 Å². The normalized spacial score (nSPS) is 20.5. The zero-order chi connectivity index (χ0) is 29.4. The number of nitrogens with zero attached hydrogens (tertiary/aromatic N) is 6. The Kier molecular flexibility index (Phi) is 7.81. The maximum Gasteiger partial charge on any atom is 0.352 e. The van der Waals surface area contributed by atoms with E-state index in [4.69, 9.17) is 0 Å². The number of fused-ring (bicyclic) bond motifs is 2. The number of hydrogen-bond donors (Lipinski definition) is 3. The molecule has 15 nitrogen and oxygen atoms in total. The van der Waals surface area contributed by atoms with Crippen LogP contribution in [-0.4, -0.2) is 105 Å². The molecule has 1 fully saturated rings. The molecule has 0 aliphatic carbocycles. The number of carbonyl (C=O) groups excluding carboxylic acids is 4. The Morgan fingerprint density at radius 3 is 2.41 bits per heavy atom. The second-order valence-electron chi connectivity index (χ2n) is 9.36. The van der Waals surface area contributed by atoms with Crippen LogP contribution in [0.5, 0.6) is 0 Å². The Morgan fingerprint density at radius 1 is 1.15 bits per heavy atom. The van der Waals surface area contributed by atoms with Crippen molar-refractivity contribution < 1.29 is 39.0 Å². The number of carboxylic acid groups (broad SMARTS) is 2. The molecule has 3 aliphatic heterocycles. The van der Waals surface area contributed by atoms with Crippen molar-refractivity contribution in [1.82, 2.24) is 35.3 Å². The van der Waals surface area contributed by atoms with Crippen LogP contribution < -0.4 is 5.32 Å². The largest absolute Gasteiger partial charge is 0.480 e. The summed E-state index contributed by atoms with van der Waals surface area (Å²) in [6.45, 7) is 0. The molecule has 0 spiro atoms. The summed E-state index contributed by atoms with van der Waals surface area (Å²) < 4.78 is 1.45. The highest BCUT2D eigenvalue weighted by Gasteiger charge is 2.54. The van der Waals surface area contributed by atoms with Gasteiger partial charge in [-0.1, -0.05) is 23.9 Å². The van der Waals surface area contributed by atoms with E-state index in [1.165, 1.54) is 40.3 Å². The van der Waals surface area contributed by atoms with E-state index in [-0.39, 0.29) is 41.8 Å².